The summed E-state index contributed by atoms with van der Waals surface area (Å²) in [5.41, 5.74) is 5.28. The van der Waals surface area contributed by atoms with Crippen LogP contribution in [0.3, 0.4) is 0 Å². The molecule has 1 N–H and O–H groups in total. The number of fused-ring (bicyclic) bond motifs is 1. The lowest BCUT2D eigenvalue weighted by atomic mass is 9.97. The molecule has 1 atom stereocenters. The van der Waals surface area contributed by atoms with Crippen LogP contribution in [0.25, 0.3) is 16.7 Å². The number of carbonyl (C=O) groups excluding carboxylic acids is 1. The van der Waals surface area contributed by atoms with E-state index in [1.165, 1.54) is 11.1 Å². The van der Waals surface area contributed by atoms with Gasteiger partial charge in [-0.3, -0.25) is 4.79 Å². The predicted molar refractivity (Wildman–Crippen MR) is 134 cm³/mol. The Morgan fingerprint density at radius 2 is 1.82 bits per heavy atom. The van der Waals surface area contributed by atoms with E-state index >= 15 is 0 Å². The molecule has 1 aliphatic heterocycles. The van der Waals surface area contributed by atoms with E-state index in [4.69, 9.17) is 0 Å². The van der Waals surface area contributed by atoms with Gasteiger partial charge < -0.3 is 10.2 Å². The standard InChI is InChI=1S/C27H30N6O/c1-3-20-8-10-21(11-9-20)15-28-27(34)22-5-4-14-32(16-22)26-24-17-33(31-25(24)29-18-30-26)23-12-6-19(2)7-13-23/h6-13,17-18,22H,3-5,14-16H2,1-2H3,(H,28,34). The van der Waals surface area contributed by atoms with Crippen LogP contribution in [0.5, 0.6) is 0 Å². The third-order valence-electron chi connectivity index (χ3n) is 6.58. The summed E-state index contributed by atoms with van der Waals surface area (Å²) in [4.78, 5) is 24.1. The first-order valence-corrected chi connectivity index (χ1v) is 12.0. The highest BCUT2D eigenvalue weighted by Crippen LogP contribution is 2.28. The summed E-state index contributed by atoms with van der Waals surface area (Å²) in [5, 5.41) is 8.69. The fourth-order valence-corrected chi connectivity index (χ4v) is 4.52. The van der Waals surface area contributed by atoms with Crippen molar-refractivity contribution >= 4 is 22.8 Å². The summed E-state index contributed by atoms with van der Waals surface area (Å²) < 4.78 is 1.85. The molecule has 1 saturated heterocycles. The number of benzene rings is 2. The number of piperidine rings is 1. The summed E-state index contributed by atoms with van der Waals surface area (Å²) in [6, 6.07) is 16.7. The molecule has 0 saturated carbocycles. The third-order valence-corrected chi connectivity index (χ3v) is 6.58. The van der Waals surface area contributed by atoms with Crippen molar-refractivity contribution in [2.24, 2.45) is 5.92 Å². The highest BCUT2D eigenvalue weighted by atomic mass is 16.1. The van der Waals surface area contributed by atoms with Crippen LogP contribution in [-0.4, -0.2) is 38.7 Å². The highest BCUT2D eigenvalue weighted by molar-refractivity contribution is 5.87. The van der Waals surface area contributed by atoms with Crippen LogP contribution in [-0.2, 0) is 17.8 Å². The fourth-order valence-electron chi connectivity index (χ4n) is 4.52. The smallest absolute Gasteiger partial charge is 0.225 e. The number of nitrogens with one attached hydrogen (secondary N) is 1. The number of nitrogens with zero attached hydrogens (tertiary/aromatic N) is 5. The van der Waals surface area contributed by atoms with Crippen molar-refractivity contribution in [2.45, 2.75) is 39.7 Å². The maximum Gasteiger partial charge on any atom is 0.225 e. The van der Waals surface area contributed by atoms with E-state index < -0.39 is 0 Å². The summed E-state index contributed by atoms with van der Waals surface area (Å²) in [6.45, 7) is 6.27. The van der Waals surface area contributed by atoms with Gasteiger partial charge >= 0.3 is 0 Å². The Bertz CT molecular complexity index is 1280. The topological polar surface area (TPSA) is 75.9 Å². The van der Waals surface area contributed by atoms with Crippen molar-refractivity contribution in [2.75, 3.05) is 18.0 Å². The third kappa shape index (κ3) is 4.64. The molecule has 1 unspecified atom stereocenters. The first kappa shape index (κ1) is 22.1. The van der Waals surface area contributed by atoms with Crippen LogP contribution < -0.4 is 10.2 Å². The van der Waals surface area contributed by atoms with Crippen molar-refractivity contribution in [3.05, 3.63) is 77.7 Å². The fraction of sp³-hybridized carbons (Fsp3) is 0.333. The Labute approximate surface area is 199 Å². The summed E-state index contributed by atoms with van der Waals surface area (Å²) in [6.07, 6.45) is 6.40. The van der Waals surface area contributed by atoms with Gasteiger partial charge in [0.05, 0.1) is 17.0 Å². The van der Waals surface area contributed by atoms with Crippen LogP contribution in [0.4, 0.5) is 5.82 Å². The van der Waals surface area contributed by atoms with Crippen LogP contribution in [0, 0.1) is 12.8 Å². The van der Waals surface area contributed by atoms with E-state index in [1.807, 2.05) is 23.0 Å². The van der Waals surface area contributed by atoms with E-state index in [2.05, 4.69) is 75.5 Å². The van der Waals surface area contributed by atoms with E-state index in [1.54, 1.807) is 6.33 Å². The van der Waals surface area contributed by atoms with Gasteiger partial charge in [-0.1, -0.05) is 48.9 Å². The van der Waals surface area contributed by atoms with Crippen molar-refractivity contribution < 1.29 is 4.79 Å². The molecule has 34 heavy (non-hydrogen) atoms. The Hall–Kier alpha value is -3.74. The van der Waals surface area contributed by atoms with Crippen molar-refractivity contribution in [1.82, 2.24) is 25.1 Å². The zero-order valence-corrected chi connectivity index (χ0v) is 19.7. The van der Waals surface area contributed by atoms with Crippen LogP contribution >= 0.6 is 0 Å². The number of hydrogen-bond acceptors (Lipinski definition) is 5. The molecule has 7 nitrogen and oxygen atoms in total. The molecule has 0 spiro atoms. The van der Waals surface area contributed by atoms with Crippen LogP contribution in [0.2, 0.25) is 0 Å². The van der Waals surface area contributed by atoms with Gasteiger partial charge in [-0.25, -0.2) is 14.6 Å². The largest absolute Gasteiger partial charge is 0.355 e. The second-order valence-electron chi connectivity index (χ2n) is 9.02. The SMILES string of the molecule is CCc1ccc(CNC(=O)C2CCCN(c3ncnc4nn(-c5ccc(C)cc5)cc34)C2)cc1. The summed E-state index contributed by atoms with van der Waals surface area (Å²) in [5.74, 6) is 0.877. The van der Waals surface area contributed by atoms with Gasteiger partial charge in [0.2, 0.25) is 5.91 Å². The van der Waals surface area contributed by atoms with E-state index in [0.717, 1.165) is 48.3 Å². The lowest BCUT2D eigenvalue weighted by Gasteiger charge is -2.33. The summed E-state index contributed by atoms with van der Waals surface area (Å²) >= 11 is 0. The van der Waals surface area contributed by atoms with Gasteiger partial charge in [-0.05, 0) is 49.4 Å². The summed E-state index contributed by atoms with van der Waals surface area (Å²) in [7, 11) is 0. The molecule has 1 fully saturated rings. The number of anilines is 1. The first-order valence-electron chi connectivity index (χ1n) is 12.0. The predicted octanol–water partition coefficient (Wildman–Crippen LogP) is 4.22. The van der Waals surface area contributed by atoms with Gasteiger partial charge in [0, 0.05) is 25.8 Å². The monoisotopic (exact) mass is 454 g/mol. The Kier molecular flexibility index (Phi) is 6.25. The quantitative estimate of drug-likeness (QED) is 0.472. The van der Waals surface area contributed by atoms with Crippen LogP contribution in [0.1, 0.15) is 36.5 Å². The molecular weight excluding hydrogens is 424 g/mol. The van der Waals surface area contributed by atoms with Gasteiger partial charge in [0.25, 0.3) is 0 Å². The second-order valence-corrected chi connectivity index (χ2v) is 9.02. The maximum absolute atomic E-state index is 13.0. The van der Waals surface area contributed by atoms with Gasteiger partial charge in [0.15, 0.2) is 5.65 Å². The van der Waals surface area contributed by atoms with Gasteiger partial charge in [-0.2, -0.15) is 0 Å². The molecule has 4 aromatic rings. The minimum atomic E-state index is -0.0687. The molecular formula is C27H30N6O. The number of aromatic nitrogens is 4. The maximum atomic E-state index is 13.0. The van der Waals surface area contributed by atoms with Gasteiger partial charge in [0.1, 0.15) is 12.1 Å². The highest BCUT2D eigenvalue weighted by Gasteiger charge is 2.28. The molecule has 0 radical (unpaired) electrons. The second kappa shape index (κ2) is 9.63. The minimum Gasteiger partial charge on any atom is -0.355 e. The van der Waals surface area contributed by atoms with Crippen LogP contribution in [0.15, 0.2) is 61.1 Å². The molecule has 174 valence electrons. The molecule has 0 aliphatic carbocycles. The molecule has 3 heterocycles. The normalized spacial score (nSPS) is 16.1. The number of amides is 1. The number of aryl methyl sites for hydroxylation is 2. The zero-order chi connectivity index (χ0) is 23.5. The molecule has 1 amide bonds. The molecule has 2 aromatic heterocycles. The Morgan fingerprint density at radius 1 is 1.06 bits per heavy atom. The van der Waals surface area contributed by atoms with Crippen molar-refractivity contribution in [3.63, 3.8) is 0 Å². The molecule has 7 heteroatoms. The Morgan fingerprint density at radius 3 is 2.59 bits per heavy atom. The average Bonchev–Trinajstić information content (AvgIpc) is 3.32. The number of hydrogen-bond donors (Lipinski definition) is 1. The van der Waals surface area contributed by atoms with Crippen molar-refractivity contribution in [1.29, 1.82) is 0 Å². The van der Waals surface area contributed by atoms with Crippen molar-refractivity contribution in [3.8, 4) is 5.69 Å². The van der Waals surface area contributed by atoms with E-state index in [9.17, 15) is 4.79 Å². The van der Waals surface area contributed by atoms with E-state index in [-0.39, 0.29) is 11.8 Å². The minimum absolute atomic E-state index is 0.0687. The molecule has 0 bridgehead atoms. The van der Waals surface area contributed by atoms with E-state index in [0.29, 0.717) is 18.7 Å². The molecule has 2 aromatic carbocycles. The first-order chi connectivity index (χ1) is 16.6. The Balaban J connectivity index is 1.30. The molecule has 5 rings (SSSR count). The van der Waals surface area contributed by atoms with Gasteiger partial charge in [-0.15, -0.1) is 5.10 Å². The lowest BCUT2D eigenvalue weighted by Crippen LogP contribution is -2.43. The average molecular weight is 455 g/mol. The number of rotatable bonds is 6. The lowest BCUT2D eigenvalue weighted by molar-refractivity contribution is -0.125. The number of carbonyl (C=O) groups is 1. The zero-order valence-electron chi connectivity index (χ0n) is 19.7. The molecule has 1 aliphatic rings.